The maximum absolute atomic E-state index is 13.1. The van der Waals surface area contributed by atoms with Gasteiger partial charge in [-0.1, -0.05) is 19.1 Å². The number of aliphatic hydroxyl groups is 1. The third-order valence-corrected chi connectivity index (χ3v) is 4.55. The van der Waals surface area contributed by atoms with Crippen LogP contribution in [0.15, 0.2) is 24.3 Å². The van der Waals surface area contributed by atoms with Gasteiger partial charge in [0, 0.05) is 6.04 Å². The molecule has 1 heterocycles. The van der Waals surface area contributed by atoms with Crippen molar-refractivity contribution in [1.29, 1.82) is 0 Å². The average Bonchev–Trinajstić information content (AvgIpc) is 2.56. The SMILES string of the molecule is CC[C@H](c1ccc(F)cc1)N1CCC([C@@H](O)C(=O)OC)CC1. The van der Waals surface area contributed by atoms with Crippen molar-refractivity contribution in [2.24, 2.45) is 5.92 Å². The van der Waals surface area contributed by atoms with E-state index in [0.29, 0.717) is 0 Å². The van der Waals surface area contributed by atoms with Crippen molar-refractivity contribution in [3.8, 4) is 0 Å². The summed E-state index contributed by atoms with van der Waals surface area (Å²) in [6, 6.07) is 6.90. The van der Waals surface area contributed by atoms with Gasteiger partial charge in [0.25, 0.3) is 0 Å². The van der Waals surface area contributed by atoms with Gasteiger partial charge in [-0.05, 0) is 56.0 Å². The summed E-state index contributed by atoms with van der Waals surface area (Å²) in [4.78, 5) is 13.8. The summed E-state index contributed by atoms with van der Waals surface area (Å²) >= 11 is 0. The van der Waals surface area contributed by atoms with Crippen LogP contribution in [0.5, 0.6) is 0 Å². The fourth-order valence-electron chi connectivity index (χ4n) is 3.25. The Labute approximate surface area is 130 Å². The number of ether oxygens (including phenoxy) is 1. The smallest absolute Gasteiger partial charge is 0.334 e. The molecule has 0 spiro atoms. The second-order valence-corrected chi connectivity index (χ2v) is 5.82. The molecule has 122 valence electrons. The van der Waals surface area contributed by atoms with Gasteiger partial charge in [-0.25, -0.2) is 9.18 Å². The van der Waals surface area contributed by atoms with E-state index >= 15 is 0 Å². The van der Waals surface area contributed by atoms with Crippen LogP contribution in [0.4, 0.5) is 4.39 Å². The molecule has 0 amide bonds. The summed E-state index contributed by atoms with van der Waals surface area (Å²) in [6.45, 7) is 3.74. The number of likely N-dealkylation sites (tertiary alicyclic amines) is 1. The molecule has 0 saturated carbocycles. The number of halogens is 1. The zero-order valence-corrected chi connectivity index (χ0v) is 13.2. The quantitative estimate of drug-likeness (QED) is 0.849. The van der Waals surface area contributed by atoms with Gasteiger partial charge in [0.15, 0.2) is 6.10 Å². The van der Waals surface area contributed by atoms with E-state index in [0.717, 1.165) is 37.9 Å². The van der Waals surface area contributed by atoms with Crippen LogP contribution in [-0.2, 0) is 9.53 Å². The number of hydrogen-bond acceptors (Lipinski definition) is 4. The number of benzene rings is 1. The average molecular weight is 309 g/mol. The lowest BCUT2D eigenvalue weighted by atomic mass is 9.89. The number of piperidine rings is 1. The molecule has 2 rings (SSSR count). The molecular weight excluding hydrogens is 285 g/mol. The highest BCUT2D eigenvalue weighted by atomic mass is 19.1. The molecular formula is C17H24FNO3. The Hall–Kier alpha value is -1.46. The minimum absolute atomic E-state index is 0.0468. The molecule has 1 aromatic carbocycles. The van der Waals surface area contributed by atoms with Crippen LogP contribution in [0, 0.1) is 11.7 Å². The molecule has 1 aliphatic rings. The number of carbonyl (C=O) groups excluding carboxylic acids is 1. The molecule has 0 bridgehead atoms. The zero-order valence-electron chi connectivity index (χ0n) is 13.2. The molecule has 1 saturated heterocycles. The van der Waals surface area contributed by atoms with Crippen molar-refractivity contribution < 1.29 is 19.0 Å². The van der Waals surface area contributed by atoms with Crippen LogP contribution in [0.3, 0.4) is 0 Å². The van der Waals surface area contributed by atoms with Crippen molar-refractivity contribution >= 4 is 5.97 Å². The molecule has 1 fully saturated rings. The lowest BCUT2D eigenvalue weighted by Gasteiger charge is -2.38. The summed E-state index contributed by atoms with van der Waals surface area (Å²) in [5.74, 6) is -0.822. The molecule has 0 radical (unpaired) electrons. The molecule has 5 heteroatoms. The number of carbonyl (C=O) groups is 1. The molecule has 2 atom stereocenters. The minimum atomic E-state index is -1.03. The Morgan fingerprint density at radius 2 is 1.95 bits per heavy atom. The summed E-state index contributed by atoms with van der Waals surface area (Å²) in [5.41, 5.74) is 1.11. The number of aliphatic hydroxyl groups excluding tert-OH is 1. The first-order valence-electron chi connectivity index (χ1n) is 7.82. The highest BCUT2D eigenvalue weighted by molar-refractivity contribution is 5.74. The Bertz CT molecular complexity index is 483. The Balaban J connectivity index is 1.97. The van der Waals surface area contributed by atoms with Gasteiger partial charge in [-0.2, -0.15) is 0 Å². The highest BCUT2D eigenvalue weighted by Gasteiger charge is 2.32. The van der Waals surface area contributed by atoms with Gasteiger partial charge in [-0.15, -0.1) is 0 Å². The Kier molecular flexibility index (Phi) is 5.91. The van der Waals surface area contributed by atoms with Gasteiger partial charge in [0.1, 0.15) is 5.82 Å². The molecule has 0 aromatic heterocycles. The Morgan fingerprint density at radius 1 is 1.36 bits per heavy atom. The summed E-state index contributed by atoms with van der Waals surface area (Å²) in [6.07, 6.45) is 1.43. The first kappa shape index (κ1) is 16.9. The topological polar surface area (TPSA) is 49.8 Å². The van der Waals surface area contributed by atoms with E-state index < -0.39 is 12.1 Å². The normalized spacial score (nSPS) is 19.6. The van der Waals surface area contributed by atoms with E-state index in [-0.39, 0.29) is 17.8 Å². The standard InChI is InChI=1S/C17H24FNO3/c1-3-15(12-4-6-14(18)7-5-12)19-10-8-13(9-11-19)16(20)17(21)22-2/h4-7,13,15-16,20H,3,8-11H2,1-2H3/t15-,16-/m1/s1. The molecule has 0 aliphatic carbocycles. The predicted octanol–water partition coefficient (Wildman–Crippen LogP) is 2.52. The minimum Gasteiger partial charge on any atom is -0.467 e. The number of esters is 1. The van der Waals surface area contributed by atoms with E-state index in [4.69, 9.17) is 0 Å². The maximum Gasteiger partial charge on any atom is 0.334 e. The predicted molar refractivity (Wildman–Crippen MR) is 81.8 cm³/mol. The van der Waals surface area contributed by atoms with Crippen LogP contribution in [-0.4, -0.2) is 42.3 Å². The van der Waals surface area contributed by atoms with Crippen LogP contribution in [0.25, 0.3) is 0 Å². The monoisotopic (exact) mass is 309 g/mol. The number of methoxy groups -OCH3 is 1. The lowest BCUT2D eigenvalue weighted by molar-refractivity contribution is -0.154. The van der Waals surface area contributed by atoms with Gasteiger partial charge in [0.2, 0.25) is 0 Å². The fourth-order valence-corrected chi connectivity index (χ4v) is 3.25. The molecule has 1 aromatic rings. The van der Waals surface area contributed by atoms with E-state index in [1.807, 2.05) is 12.1 Å². The van der Waals surface area contributed by atoms with Crippen LogP contribution >= 0.6 is 0 Å². The summed E-state index contributed by atoms with van der Waals surface area (Å²) in [7, 11) is 1.29. The van der Waals surface area contributed by atoms with Crippen molar-refractivity contribution in [1.82, 2.24) is 4.90 Å². The first-order chi connectivity index (χ1) is 10.6. The third kappa shape index (κ3) is 3.84. The zero-order chi connectivity index (χ0) is 16.1. The lowest BCUT2D eigenvalue weighted by Crippen LogP contribution is -2.42. The molecule has 1 aliphatic heterocycles. The summed E-state index contributed by atoms with van der Waals surface area (Å²) < 4.78 is 17.7. The molecule has 1 N–H and O–H groups in total. The van der Waals surface area contributed by atoms with Gasteiger partial charge < -0.3 is 9.84 Å². The van der Waals surface area contributed by atoms with Gasteiger partial charge in [0.05, 0.1) is 7.11 Å². The summed E-state index contributed by atoms with van der Waals surface area (Å²) in [5, 5.41) is 9.94. The van der Waals surface area contributed by atoms with Crippen LogP contribution in [0.2, 0.25) is 0 Å². The highest BCUT2D eigenvalue weighted by Crippen LogP contribution is 2.30. The van der Waals surface area contributed by atoms with E-state index in [1.165, 1.54) is 19.2 Å². The maximum atomic E-state index is 13.1. The molecule has 4 nitrogen and oxygen atoms in total. The van der Waals surface area contributed by atoms with Crippen LogP contribution < -0.4 is 0 Å². The van der Waals surface area contributed by atoms with Gasteiger partial charge >= 0.3 is 5.97 Å². The fraction of sp³-hybridized carbons (Fsp3) is 0.588. The second-order valence-electron chi connectivity index (χ2n) is 5.82. The Morgan fingerprint density at radius 3 is 2.45 bits per heavy atom. The first-order valence-corrected chi connectivity index (χ1v) is 7.82. The van der Waals surface area contributed by atoms with E-state index in [9.17, 15) is 14.3 Å². The van der Waals surface area contributed by atoms with Crippen molar-refractivity contribution in [3.63, 3.8) is 0 Å². The number of hydrogen-bond donors (Lipinski definition) is 1. The van der Waals surface area contributed by atoms with Crippen LogP contribution in [0.1, 0.15) is 37.8 Å². The van der Waals surface area contributed by atoms with E-state index in [2.05, 4.69) is 16.6 Å². The molecule has 0 unspecified atom stereocenters. The molecule has 22 heavy (non-hydrogen) atoms. The van der Waals surface area contributed by atoms with E-state index in [1.54, 1.807) is 0 Å². The van der Waals surface area contributed by atoms with Crippen molar-refractivity contribution in [2.45, 2.75) is 38.3 Å². The number of rotatable bonds is 5. The van der Waals surface area contributed by atoms with Crippen molar-refractivity contribution in [3.05, 3.63) is 35.6 Å². The largest absolute Gasteiger partial charge is 0.467 e. The second kappa shape index (κ2) is 7.70. The third-order valence-electron chi connectivity index (χ3n) is 4.55. The van der Waals surface area contributed by atoms with Crippen molar-refractivity contribution in [2.75, 3.05) is 20.2 Å². The number of nitrogens with zero attached hydrogens (tertiary/aromatic N) is 1. The van der Waals surface area contributed by atoms with Gasteiger partial charge in [-0.3, -0.25) is 4.90 Å².